The Morgan fingerprint density at radius 3 is 2.35 bits per heavy atom. The van der Waals surface area contributed by atoms with Crippen LogP contribution in [0.1, 0.15) is 24.0 Å². The first-order valence-electron chi connectivity index (χ1n) is 7.39. The van der Waals surface area contributed by atoms with Gasteiger partial charge in [0, 0.05) is 12.6 Å². The Bertz CT molecular complexity index is 759. The summed E-state index contributed by atoms with van der Waals surface area (Å²) in [6, 6.07) is 10.1. The predicted molar refractivity (Wildman–Crippen MR) is 85.7 cm³/mol. The van der Waals surface area contributed by atoms with Gasteiger partial charge in [0.15, 0.2) is 0 Å². The van der Waals surface area contributed by atoms with Gasteiger partial charge < -0.3 is 0 Å². The number of unbranched alkanes of at least 4 members (excludes halogenated alkanes) is 1. The van der Waals surface area contributed by atoms with Gasteiger partial charge in [-0.05, 0) is 49.9 Å². The summed E-state index contributed by atoms with van der Waals surface area (Å²) >= 11 is 0. The molecule has 0 aliphatic carbocycles. The van der Waals surface area contributed by atoms with Gasteiger partial charge in [0.05, 0.1) is 4.90 Å². The molecule has 0 unspecified atom stereocenters. The molecular formula is C17H19F2NO2S. The molecule has 0 heterocycles. The van der Waals surface area contributed by atoms with E-state index in [1.807, 2.05) is 6.92 Å². The zero-order valence-electron chi connectivity index (χ0n) is 12.9. The molecule has 0 fully saturated rings. The van der Waals surface area contributed by atoms with Crippen LogP contribution < -0.4 is 4.72 Å². The van der Waals surface area contributed by atoms with Gasteiger partial charge in [0.25, 0.3) is 0 Å². The first-order chi connectivity index (χ1) is 10.9. The first-order valence-corrected chi connectivity index (χ1v) is 8.87. The van der Waals surface area contributed by atoms with Crippen molar-refractivity contribution in [2.24, 2.45) is 0 Å². The Labute approximate surface area is 135 Å². The number of sulfonamides is 1. The van der Waals surface area contributed by atoms with E-state index in [9.17, 15) is 17.2 Å². The maximum atomic E-state index is 13.5. The van der Waals surface area contributed by atoms with Gasteiger partial charge in [-0.25, -0.2) is 21.9 Å². The minimum Gasteiger partial charge on any atom is -0.211 e. The molecule has 124 valence electrons. The van der Waals surface area contributed by atoms with Crippen LogP contribution in [0.2, 0.25) is 0 Å². The number of benzene rings is 2. The van der Waals surface area contributed by atoms with Crippen LogP contribution in [-0.2, 0) is 16.4 Å². The maximum absolute atomic E-state index is 13.5. The van der Waals surface area contributed by atoms with E-state index in [1.165, 1.54) is 12.1 Å². The molecule has 0 saturated heterocycles. The third-order valence-electron chi connectivity index (χ3n) is 3.51. The van der Waals surface area contributed by atoms with Gasteiger partial charge in [0.2, 0.25) is 10.0 Å². The molecule has 0 aliphatic rings. The molecule has 0 radical (unpaired) electrons. The molecule has 2 aromatic carbocycles. The van der Waals surface area contributed by atoms with E-state index in [4.69, 9.17) is 0 Å². The highest BCUT2D eigenvalue weighted by atomic mass is 32.2. The highest BCUT2D eigenvalue weighted by Crippen LogP contribution is 2.13. The fourth-order valence-electron chi connectivity index (χ4n) is 2.17. The summed E-state index contributed by atoms with van der Waals surface area (Å²) in [6.45, 7) is 2.16. The zero-order valence-corrected chi connectivity index (χ0v) is 13.7. The maximum Gasteiger partial charge on any atom is 0.240 e. The molecule has 0 bridgehead atoms. The quantitative estimate of drug-likeness (QED) is 0.784. The normalized spacial score (nSPS) is 11.6. The molecule has 2 rings (SSSR count). The Kier molecular flexibility index (Phi) is 5.85. The lowest BCUT2D eigenvalue weighted by atomic mass is 10.1. The van der Waals surface area contributed by atoms with Crippen molar-refractivity contribution in [1.82, 2.24) is 4.72 Å². The van der Waals surface area contributed by atoms with Crippen molar-refractivity contribution in [2.45, 2.75) is 31.1 Å². The van der Waals surface area contributed by atoms with Crippen molar-refractivity contribution in [3.05, 3.63) is 65.2 Å². The van der Waals surface area contributed by atoms with Crippen molar-refractivity contribution in [2.75, 3.05) is 6.54 Å². The lowest BCUT2D eigenvalue weighted by Crippen LogP contribution is -2.24. The lowest BCUT2D eigenvalue weighted by molar-refractivity contribution is 0.562. The van der Waals surface area contributed by atoms with Gasteiger partial charge in [-0.1, -0.05) is 23.8 Å². The zero-order chi connectivity index (χ0) is 16.9. The van der Waals surface area contributed by atoms with Crippen LogP contribution in [0.5, 0.6) is 0 Å². The van der Waals surface area contributed by atoms with E-state index in [-0.39, 0.29) is 11.4 Å². The molecule has 0 saturated carbocycles. The van der Waals surface area contributed by atoms with E-state index in [0.717, 1.165) is 11.6 Å². The number of hydrogen-bond acceptors (Lipinski definition) is 2. The Balaban J connectivity index is 1.79. The molecule has 1 N–H and O–H groups in total. The third-order valence-corrected chi connectivity index (χ3v) is 4.99. The van der Waals surface area contributed by atoms with E-state index < -0.39 is 21.7 Å². The van der Waals surface area contributed by atoms with E-state index in [2.05, 4.69) is 4.72 Å². The molecule has 0 atom stereocenters. The summed E-state index contributed by atoms with van der Waals surface area (Å²) in [4.78, 5) is 0.229. The largest absolute Gasteiger partial charge is 0.240 e. The van der Waals surface area contributed by atoms with Crippen LogP contribution in [0.4, 0.5) is 8.78 Å². The number of nitrogens with one attached hydrogen (secondary N) is 1. The molecular weight excluding hydrogens is 320 g/mol. The monoisotopic (exact) mass is 339 g/mol. The smallest absolute Gasteiger partial charge is 0.211 e. The van der Waals surface area contributed by atoms with Crippen LogP contribution in [0.25, 0.3) is 0 Å². The SMILES string of the molecule is Cc1ccc(S(=O)(=O)NCCCCc2ccc(F)cc2F)cc1. The minimum absolute atomic E-state index is 0.229. The van der Waals surface area contributed by atoms with Crippen LogP contribution in [0.3, 0.4) is 0 Å². The van der Waals surface area contributed by atoms with Gasteiger partial charge >= 0.3 is 0 Å². The molecule has 0 amide bonds. The number of halogens is 2. The highest BCUT2D eigenvalue weighted by molar-refractivity contribution is 7.89. The number of hydrogen-bond donors (Lipinski definition) is 1. The van der Waals surface area contributed by atoms with Gasteiger partial charge in [-0.3, -0.25) is 0 Å². The molecule has 0 aromatic heterocycles. The van der Waals surface area contributed by atoms with E-state index in [1.54, 1.807) is 24.3 Å². The molecule has 0 aliphatic heterocycles. The summed E-state index contributed by atoms with van der Waals surface area (Å²) in [5.74, 6) is -1.16. The molecule has 3 nitrogen and oxygen atoms in total. The van der Waals surface area contributed by atoms with Crippen molar-refractivity contribution in [1.29, 1.82) is 0 Å². The Morgan fingerprint density at radius 2 is 1.70 bits per heavy atom. The molecule has 0 spiro atoms. The number of aryl methyl sites for hydroxylation is 2. The fraction of sp³-hybridized carbons (Fsp3) is 0.294. The second-order valence-electron chi connectivity index (χ2n) is 5.40. The standard InChI is InChI=1S/C17H19F2NO2S/c1-13-5-9-16(10-6-13)23(21,22)20-11-3-2-4-14-7-8-15(18)12-17(14)19/h5-10,12,20H,2-4,11H2,1H3. The summed E-state index contributed by atoms with van der Waals surface area (Å²) < 4.78 is 52.9. The third kappa shape index (κ3) is 5.11. The molecule has 6 heteroatoms. The predicted octanol–water partition coefficient (Wildman–Crippen LogP) is 3.57. The Morgan fingerprint density at radius 1 is 1.00 bits per heavy atom. The van der Waals surface area contributed by atoms with Gasteiger partial charge in [-0.2, -0.15) is 0 Å². The van der Waals surface area contributed by atoms with Gasteiger partial charge in [0.1, 0.15) is 11.6 Å². The minimum atomic E-state index is -3.51. The summed E-state index contributed by atoms with van der Waals surface area (Å²) in [5, 5.41) is 0. The van der Waals surface area contributed by atoms with Crippen molar-refractivity contribution < 1.29 is 17.2 Å². The second-order valence-corrected chi connectivity index (χ2v) is 7.17. The molecule has 2 aromatic rings. The first kappa shape index (κ1) is 17.6. The summed E-state index contributed by atoms with van der Waals surface area (Å²) in [5.41, 5.74) is 1.43. The van der Waals surface area contributed by atoms with Crippen molar-refractivity contribution in [3.8, 4) is 0 Å². The summed E-state index contributed by atoms with van der Waals surface area (Å²) in [6.07, 6.45) is 1.62. The van der Waals surface area contributed by atoms with Crippen molar-refractivity contribution >= 4 is 10.0 Å². The Hall–Kier alpha value is -1.79. The van der Waals surface area contributed by atoms with Gasteiger partial charge in [-0.15, -0.1) is 0 Å². The summed E-state index contributed by atoms with van der Waals surface area (Å²) in [7, 11) is -3.51. The fourth-order valence-corrected chi connectivity index (χ4v) is 3.25. The topological polar surface area (TPSA) is 46.2 Å². The van der Waals surface area contributed by atoms with E-state index in [0.29, 0.717) is 24.8 Å². The van der Waals surface area contributed by atoms with Crippen LogP contribution in [0.15, 0.2) is 47.4 Å². The lowest BCUT2D eigenvalue weighted by Gasteiger charge is -2.07. The van der Waals surface area contributed by atoms with Crippen LogP contribution in [-0.4, -0.2) is 15.0 Å². The molecule has 23 heavy (non-hydrogen) atoms. The second kappa shape index (κ2) is 7.66. The van der Waals surface area contributed by atoms with Crippen LogP contribution >= 0.6 is 0 Å². The van der Waals surface area contributed by atoms with Crippen LogP contribution in [0, 0.1) is 18.6 Å². The highest BCUT2D eigenvalue weighted by Gasteiger charge is 2.12. The average Bonchev–Trinajstić information content (AvgIpc) is 2.49. The van der Waals surface area contributed by atoms with E-state index >= 15 is 0 Å². The number of rotatable bonds is 7. The average molecular weight is 339 g/mol. The van der Waals surface area contributed by atoms with Crippen molar-refractivity contribution in [3.63, 3.8) is 0 Å².